The SMILES string of the molecule is NC(=O)[C@H]1CCCN(CCNC(=O)c2ccc3cccc(F)c3n2)C1. The molecule has 1 fully saturated rings. The van der Waals surface area contributed by atoms with Gasteiger partial charge in [-0.3, -0.25) is 9.59 Å². The molecule has 2 amide bonds. The molecule has 3 rings (SSSR count). The number of carbonyl (C=O) groups excluding carboxylic acids is 2. The van der Waals surface area contributed by atoms with Crippen LogP contribution in [0.4, 0.5) is 4.39 Å². The zero-order chi connectivity index (χ0) is 17.8. The van der Waals surface area contributed by atoms with Gasteiger partial charge < -0.3 is 16.0 Å². The molecule has 0 spiro atoms. The van der Waals surface area contributed by atoms with Gasteiger partial charge in [0.15, 0.2) is 0 Å². The number of nitrogens with one attached hydrogen (secondary N) is 1. The highest BCUT2D eigenvalue weighted by molar-refractivity contribution is 5.94. The van der Waals surface area contributed by atoms with Crippen LogP contribution in [-0.2, 0) is 4.79 Å². The van der Waals surface area contributed by atoms with Crippen LogP contribution >= 0.6 is 0 Å². The van der Waals surface area contributed by atoms with Crippen molar-refractivity contribution in [3.63, 3.8) is 0 Å². The quantitative estimate of drug-likeness (QED) is 0.856. The molecule has 1 atom stereocenters. The normalized spacial score (nSPS) is 18.2. The van der Waals surface area contributed by atoms with Crippen LogP contribution in [-0.4, -0.2) is 47.9 Å². The number of amides is 2. The number of halogens is 1. The summed E-state index contributed by atoms with van der Waals surface area (Å²) in [5, 5.41) is 3.45. The van der Waals surface area contributed by atoms with Crippen LogP contribution in [0.25, 0.3) is 10.9 Å². The van der Waals surface area contributed by atoms with Crippen LogP contribution in [0.2, 0.25) is 0 Å². The van der Waals surface area contributed by atoms with Gasteiger partial charge in [0, 0.05) is 25.0 Å². The lowest BCUT2D eigenvalue weighted by atomic mass is 9.97. The Morgan fingerprint density at radius 1 is 1.32 bits per heavy atom. The molecule has 0 bridgehead atoms. The lowest BCUT2D eigenvalue weighted by Crippen LogP contribution is -2.44. The lowest BCUT2D eigenvalue weighted by molar-refractivity contribution is -0.123. The highest BCUT2D eigenvalue weighted by Crippen LogP contribution is 2.16. The molecule has 6 nitrogen and oxygen atoms in total. The van der Waals surface area contributed by atoms with Crippen molar-refractivity contribution in [1.29, 1.82) is 0 Å². The zero-order valence-electron chi connectivity index (χ0n) is 13.9. The average Bonchev–Trinajstić information content (AvgIpc) is 2.62. The summed E-state index contributed by atoms with van der Waals surface area (Å²) in [5.74, 6) is -1.17. The van der Waals surface area contributed by atoms with Crippen LogP contribution in [0.1, 0.15) is 23.3 Å². The first kappa shape index (κ1) is 17.3. The number of carbonyl (C=O) groups is 2. The summed E-state index contributed by atoms with van der Waals surface area (Å²) in [6, 6.07) is 7.95. The van der Waals surface area contributed by atoms with E-state index in [2.05, 4.69) is 15.2 Å². The van der Waals surface area contributed by atoms with Crippen molar-refractivity contribution in [2.45, 2.75) is 12.8 Å². The van der Waals surface area contributed by atoms with Crippen molar-refractivity contribution in [1.82, 2.24) is 15.2 Å². The van der Waals surface area contributed by atoms with Gasteiger partial charge in [-0.1, -0.05) is 18.2 Å². The topological polar surface area (TPSA) is 88.3 Å². The van der Waals surface area contributed by atoms with Crippen LogP contribution in [0.5, 0.6) is 0 Å². The summed E-state index contributed by atoms with van der Waals surface area (Å²) in [4.78, 5) is 29.7. The third-order valence-electron chi connectivity index (χ3n) is 4.53. The minimum absolute atomic E-state index is 0.116. The van der Waals surface area contributed by atoms with Crippen molar-refractivity contribution in [2.24, 2.45) is 11.7 Å². The molecule has 1 aromatic heterocycles. The number of hydrogen-bond acceptors (Lipinski definition) is 4. The summed E-state index contributed by atoms with van der Waals surface area (Å²) >= 11 is 0. The number of nitrogens with zero attached hydrogens (tertiary/aromatic N) is 2. The summed E-state index contributed by atoms with van der Waals surface area (Å²) < 4.78 is 13.8. The largest absolute Gasteiger partial charge is 0.369 e. The van der Waals surface area contributed by atoms with Gasteiger partial charge in [0.05, 0.1) is 5.92 Å². The van der Waals surface area contributed by atoms with Gasteiger partial charge in [-0.25, -0.2) is 9.37 Å². The van der Waals surface area contributed by atoms with Gasteiger partial charge in [-0.05, 0) is 31.5 Å². The van der Waals surface area contributed by atoms with Crippen molar-refractivity contribution in [3.05, 3.63) is 41.8 Å². The van der Waals surface area contributed by atoms with E-state index in [1.54, 1.807) is 24.3 Å². The molecule has 1 saturated heterocycles. The van der Waals surface area contributed by atoms with Gasteiger partial charge in [0.25, 0.3) is 5.91 Å². The number of benzene rings is 1. The summed E-state index contributed by atoms with van der Waals surface area (Å²) in [6.07, 6.45) is 1.75. The third kappa shape index (κ3) is 4.11. The monoisotopic (exact) mass is 344 g/mol. The number of nitrogens with two attached hydrogens (primary N) is 1. The van der Waals surface area contributed by atoms with Gasteiger partial charge in [0.2, 0.25) is 5.91 Å². The van der Waals surface area contributed by atoms with E-state index >= 15 is 0 Å². The zero-order valence-corrected chi connectivity index (χ0v) is 13.9. The molecule has 25 heavy (non-hydrogen) atoms. The van der Waals surface area contributed by atoms with Crippen LogP contribution in [0.3, 0.4) is 0 Å². The molecule has 0 radical (unpaired) electrons. The number of hydrogen-bond donors (Lipinski definition) is 2. The van der Waals surface area contributed by atoms with Crippen molar-refractivity contribution >= 4 is 22.7 Å². The maximum atomic E-state index is 13.8. The van der Waals surface area contributed by atoms with E-state index in [0.29, 0.717) is 25.0 Å². The van der Waals surface area contributed by atoms with Crippen LogP contribution < -0.4 is 11.1 Å². The van der Waals surface area contributed by atoms with Crippen LogP contribution in [0.15, 0.2) is 30.3 Å². The van der Waals surface area contributed by atoms with Crippen molar-refractivity contribution < 1.29 is 14.0 Å². The number of pyridine rings is 1. The number of rotatable bonds is 5. The number of likely N-dealkylation sites (tertiary alicyclic amines) is 1. The Labute approximate surface area is 145 Å². The fourth-order valence-corrected chi connectivity index (χ4v) is 3.15. The Bertz CT molecular complexity index is 796. The third-order valence-corrected chi connectivity index (χ3v) is 4.53. The number of piperidine rings is 1. The second kappa shape index (κ2) is 7.57. The molecule has 1 aliphatic heterocycles. The van der Waals surface area contributed by atoms with Crippen molar-refractivity contribution in [2.75, 3.05) is 26.2 Å². The molecule has 0 saturated carbocycles. The van der Waals surface area contributed by atoms with E-state index < -0.39 is 5.82 Å². The Morgan fingerprint density at radius 3 is 2.96 bits per heavy atom. The second-order valence-corrected chi connectivity index (χ2v) is 6.31. The molecular formula is C18H21FN4O2. The molecule has 132 valence electrons. The summed E-state index contributed by atoms with van der Waals surface area (Å²) in [5.41, 5.74) is 5.74. The number of primary amides is 1. The Balaban J connectivity index is 1.56. The van der Waals surface area contributed by atoms with Crippen LogP contribution in [0, 0.1) is 11.7 Å². The van der Waals surface area contributed by atoms with Gasteiger partial charge >= 0.3 is 0 Å². The number of fused-ring (bicyclic) bond motifs is 1. The van der Waals surface area contributed by atoms with E-state index in [1.165, 1.54) is 6.07 Å². The molecule has 3 N–H and O–H groups in total. The molecule has 7 heteroatoms. The van der Waals surface area contributed by atoms with E-state index in [-0.39, 0.29) is 28.9 Å². The highest BCUT2D eigenvalue weighted by Gasteiger charge is 2.23. The Morgan fingerprint density at radius 2 is 2.16 bits per heavy atom. The number of para-hydroxylation sites is 1. The first-order chi connectivity index (χ1) is 12.0. The molecule has 0 aliphatic carbocycles. The molecule has 2 heterocycles. The molecule has 2 aromatic rings. The second-order valence-electron chi connectivity index (χ2n) is 6.31. The van der Waals surface area contributed by atoms with Gasteiger partial charge in [0.1, 0.15) is 17.0 Å². The summed E-state index contributed by atoms with van der Waals surface area (Å²) in [6.45, 7) is 2.59. The lowest BCUT2D eigenvalue weighted by Gasteiger charge is -2.31. The molecular weight excluding hydrogens is 323 g/mol. The maximum Gasteiger partial charge on any atom is 0.269 e. The molecule has 0 unspecified atom stereocenters. The first-order valence-corrected chi connectivity index (χ1v) is 8.40. The fraction of sp³-hybridized carbons (Fsp3) is 0.389. The van der Waals surface area contributed by atoms with E-state index in [1.807, 2.05) is 0 Å². The van der Waals surface area contributed by atoms with Gasteiger partial charge in [-0.2, -0.15) is 0 Å². The maximum absolute atomic E-state index is 13.8. The standard InChI is InChI=1S/C18H21FN4O2/c19-14-5-1-3-12-6-7-15(22-16(12)14)18(25)21-8-10-23-9-2-4-13(11-23)17(20)24/h1,3,5-7,13H,2,4,8-11H2,(H2,20,24)(H,21,25)/t13-/m0/s1. The number of aromatic nitrogens is 1. The van der Waals surface area contributed by atoms with Gasteiger partial charge in [-0.15, -0.1) is 0 Å². The predicted molar refractivity (Wildman–Crippen MR) is 92.4 cm³/mol. The fourth-order valence-electron chi connectivity index (χ4n) is 3.15. The Kier molecular flexibility index (Phi) is 5.23. The van der Waals surface area contributed by atoms with E-state index in [9.17, 15) is 14.0 Å². The Hall–Kier alpha value is -2.54. The smallest absolute Gasteiger partial charge is 0.269 e. The predicted octanol–water partition coefficient (Wildman–Crippen LogP) is 1.30. The van der Waals surface area contributed by atoms with Crippen molar-refractivity contribution in [3.8, 4) is 0 Å². The first-order valence-electron chi connectivity index (χ1n) is 8.40. The minimum atomic E-state index is -0.446. The van der Waals surface area contributed by atoms with E-state index in [4.69, 9.17) is 5.73 Å². The highest BCUT2D eigenvalue weighted by atomic mass is 19.1. The molecule has 1 aromatic carbocycles. The summed E-state index contributed by atoms with van der Waals surface area (Å²) in [7, 11) is 0. The average molecular weight is 344 g/mol. The van der Waals surface area contributed by atoms with E-state index in [0.717, 1.165) is 19.4 Å². The molecule has 1 aliphatic rings. The minimum Gasteiger partial charge on any atom is -0.369 e.